The van der Waals surface area contributed by atoms with Crippen molar-refractivity contribution in [2.24, 2.45) is 0 Å². The van der Waals surface area contributed by atoms with Crippen molar-refractivity contribution in [3.8, 4) is 21.7 Å². The number of anilines is 1. The molecule has 1 aromatic carbocycles. The molecular weight excluding hydrogens is 599 g/mol. The number of halogens is 3. The molecule has 0 bridgehead atoms. The van der Waals surface area contributed by atoms with Crippen molar-refractivity contribution in [1.29, 1.82) is 0 Å². The van der Waals surface area contributed by atoms with Crippen molar-refractivity contribution in [2.45, 2.75) is 45.3 Å². The van der Waals surface area contributed by atoms with E-state index in [1.54, 1.807) is 25.1 Å². The smallest absolute Gasteiger partial charge is 0.434 e. The molecule has 0 radical (unpaired) electrons. The number of urea groups is 1. The van der Waals surface area contributed by atoms with Gasteiger partial charge in [-0.15, -0.1) is 11.3 Å². The van der Waals surface area contributed by atoms with E-state index in [2.05, 4.69) is 20.6 Å². The number of ether oxygens (including phenoxy) is 2. The van der Waals surface area contributed by atoms with Crippen LogP contribution in [0.25, 0.3) is 32.6 Å². The molecule has 2 N–H and O–H groups in total. The monoisotopic (exact) mass is 629 g/mol. The fourth-order valence-corrected chi connectivity index (χ4v) is 5.86. The highest BCUT2D eigenvalue weighted by molar-refractivity contribution is 7.13. The maximum atomic E-state index is 13.6. The van der Waals surface area contributed by atoms with Crippen LogP contribution in [0.1, 0.15) is 55.2 Å². The number of aromatic nitrogens is 3. The summed E-state index contributed by atoms with van der Waals surface area (Å²) in [6.45, 7) is 5.12. The zero-order valence-electron chi connectivity index (χ0n) is 24.0. The zero-order valence-corrected chi connectivity index (χ0v) is 24.8. The Morgan fingerprint density at radius 2 is 1.93 bits per heavy atom. The summed E-state index contributed by atoms with van der Waals surface area (Å²) in [6.07, 6.45) is 0.367. The molecule has 0 unspecified atom stereocenters. The van der Waals surface area contributed by atoms with Crippen molar-refractivity contribution in [1.82, 2.24) is 19.9 Å². The molecule has 1 fully saturated rings. The Balaban J connectivity index is 1.67. The molecule has 1 aliphatic heterocycles. The summed E-state index contributed by atoms with van der Waals surface area (Å²) < 4.78 is 52.9. The number of pyridine rings is 2. The Hall–Kier alpha value is -4.30. The van der Waals surface area contributed by atoms with E-state index >= 15 is 0 Å². The van der Waals surface area contributed by atoms with Gasteiger partial charge in [-0.2, -0.15) is 13.2 Å². The van der Waals surface area contributed by atoms with Crippen molar-refractivity contribution >= 4 is 40.1 Å². The number of esters is 1. The van der Waals surface area contributed by atoms with Gasteiger partial charge in [-0.25, -0.2) is 19.6 Å². The number of alkyl halides is 3. The number of amides is 2. The third-order valence-electron chi connectivity index (χ3n) is 7.13. The van der Waals surface area contributed by atoms with Gasteiger partial charge in [-0.3, -0.25) is 10.1 Å². The van der Waals surface area contributed by atoms with Gasteiger partial charge in [0.2, 0.25) is 5.43 Å². The fraction of sp³-hybridized carbons (Fsp3) is 0.367. The molecule has 0 saturated carbocycles. The molecule has 0 aliphatic carbocycles. The van der Waals surface area contributed by atoms with Crippen LogP contribution in [-0.2, 0) is 15.7 Å². The lowest BCUT2D eigenvalue weighted by Crippen LogP contribution is -2.29. The molecule has 14 heteroatoms. The maximum Gasteiger partial charge on any atom is 0.434 e. The maximum absolute atomic E-state index is 13.6. The molecule has 2 amide bonds. The lowest BCUT2D eigenvalue weighted by Gasteiger charge is -2.27. The minimum Gasteiger partial charge on any atom is -0.462 e. The minimum atomic E-state index is -4.65. The van der Waals surface area contributed by atoms with Gasteiger partial charge in [0.05, 0.1) is 12.1 Å². The molecule has 4 heterocycles. The second-order valence-corrected chi connectivity index (χ2v) is 11.0. The number of rotatable bonds is 8. The summed E-state index contributed by atoms with van der Waals surface area (Å²) in [5.74, 6) is -0.638. The Labute approximate surface area is 254 Å². The quantitative estimate of drug-likeness (QED) is 0.220. The minimum absolute atomic E-state index is 0.0246. The molecule has 4 aromatic rings. The summed E-state index contributed by atoms with van der Waals surface area (Å²) in [5, 5.41) is 6.45. The third-order valence-corrected chi connectivity index (χ3v) is 8.00. The first kappa shape index (κ1) is 31.1. The summed E-state index contributed by atoms with van der Waals surface area (Å²) >= 11 is 0.794. The van der Waals surface area contributed by atoms with Crippen LogP contribution in [0.5, 0.6) is 0 Å². The number of hydrogen-bond donors (Lipinski definition) is 2. The number of benzene rings is 1. The topological polar surface area (TPSA) is 124 Å². The predicted octanol–water partition coefficient (Wildman–Crippen LogP) is 6.27. The number of nitrogens with one attached hydrogen (secondary N) is 2. The second-order valence-electron chi connectivity index (χ2n) is 10.1. The van der Waals surface area contributed by atoms with Gasteiger partial charge in [0.25, 0.3) is 0 Å². The van der Waals surface area contributed by atoms with Gasteiger partial charge in [-0.1, -0.05) is 13.0 Å². The molecule has 1 aliphatic rings. The average molecular weight is 630 g/mol. The fourth-order valence-electron chi connectivity index (χ4n) is 5.00. The van der Waals surface area contributed by atoms with Crippen LogP contribution in [0.2, 0.25) is 0 Å². The van der Waals surface area contributed by atoms with Crippen LogP contribution in [0, 0.1) is 0 Å². The zero-order chi connectivity index (χ0) is 31.4. The number of carbonyl (C=O) groups excluding carboxylic acids is 2. The summed E-state index contributed by atoms with van der Waals surface area (Å²) in [7, 11) is 0. The predicted molar refractivity (Wildman–Crippen MR) is 160 cm³/mol. The molecule has 5 rings (SSSR count). The summed E-state index contributed by atoms with van der Waals surface area (Å²) in [4.78, 5) is 46.9. The number of carbonyl (C=O) groups is 2. The van der Waals surface area contributed by atoms with Crippen molar-refractivity contribution in [3.05, 3.63) is 63.5 Å². The summed E-state index contributed by atoms with van der Waals surface area (Å²) in [5.41, 5.74) is 0.0128. The van der Waals surface area contributed by atoms with Gasteiger partial charge in [0.15, 0.2) is 5.69 Å². The van der Waals surface area contributed by atoms with Gasteiger partial charge in [0, 0.05) is 60.1 Å². The van der Waals surface area contributed by atoms with Gasteiger partial charge in [-0.05, 0) is 49.9 Å². The second kappa shape index (κ2) is 13.1. The number of fused-ring (bicyclic) bond motifs is 1. The molecular formula is C30H30F3N5O5S. The van der Waals surface area contributed by atoms with E-state index in [-0.39, 0.29) is 40.0 Å². The standard InChI is InChI=1S/C30H30F3N5O5S/c1-3-9-34-29(41)37-25-13-19(27-36-24(16-44-27)30(31,32)33)21(14-35-25)17-5-6-23-20(12-17)26(39)22(28(40)43-4-2)15-38(23)18-7-10-42-11-8-18/h5-6,12-16,18H,3-4,7-11H2,1-2H3,(H2,34,35,37,41). The lowest BCUT2D eigenvalue weighted by molar-refractivity contribution is -0.140. The van der Waals surface area contributed by atoms with E-state index < -0.39 is 29.3 Å². The van der Waals surface area contributed by atoms with Crippen LogP contribution < -0.4 is 16.1 Å². The SMILES string of the molecule is CCCNC(=O)Nc1cc(-c2nc(C(F)(F)F)cs2)c(-c2ccc3c(c2)c(=O)c(C(=O)OCC)cn3C2CCOCC2)cn1. The Morgan fingerprint density at radius 1 is 1.16 bits per heavy atom. The van der Waals surface area contributed by atoms with Crippen molar-refractivity contribution in [2.75, 3.05) is 31.7 Å². The molecule has 0 atom stereocenters. The largest absolute Gasteiger partial charge is 0.462 e. The Morgan fingerprint density at radius 3 is 2.61 bits per heavy atom. The number of hydrogen-bond acceptors (Lipinski definition) is 8. The first-order valence-corrected chi connectivity index (χ1v) is 15.0. The summed E-state index contributed by atoms with van der Waals surface area (Å²) in [6, 6.07) is 5.98. The number of thiazole rings is 1. The first-order chi connectivity index (χ1) is 21.1. The van der Waals surface area contributed by atoms with Crippen LogP contribution in [0.3, 0.4) is 0 Å². The molecule has 0 spiro atoms. The van der Waals surface area contributed by atoms with E-state index in [4.69, 9.17) is 9.47 Å². The molecule has 1 saturated heterocycles. The van der Waals surface area contributed by atoms with E-state index in [1.165, 1.54) is 18.5 Å². The Bertz CT molecular complexity index is 1750. The highest BCUT2D eigenvalue weighted by Crippen LogP contribution is 2.39. The molecule has 3 aromatic heterocycles. The normalized spacial score (nSPS) is 14.0. The average Bonchev–Trinajstić information content (AvgIpc) is 3.52. The molecule has 232 valence electrons. The van der Waals surface area contributed by atoms with E-state index in [1.807, 2.05) is 11.5 Å². The van der Waals surface area contributed by atoms with E-state index in [9.17, 15) is 27.6 Å². The molecule has 44 heavy (non-hydrogen) atoms. The van der Waals surface area contributed by atoms with Crippen LogP contribution in [-0.4, -0.2) is 52.9 Å². The van der Waals surface area contributed by atoms with Crippen LogP contribution in [0.4, 0.5) is 23.8 Å². The van der Waals surface area contributed by atoms with Gasteiger partial charge < -0.3 is 19.4 Å². The van der Waals surface area contributed by atoms with Crippen molar-refractivity contribution < 1.29 is 32.2 Å². The third kappa shape index (κ3) is 6.60. The Kier molecular flexibility index (Phi) is 9.30. The van der Waals surface area contributed by atoms with Crippen LogP contribution >= 0.6 is 11.3 Å². The first-order valence-electron chi connectivity index (χ1n) is 14.1. The van der Waals surface area contributed by atoms with Gasteiger partial charge in [0.1, 0.15) is 16.4 Å². The van der Waals surface area contributed by atoms with Crippen molar-refractivity contribution in [3.63, 3.8) is 0 Å². The van der Waals surface area contributed by atoms with E-state index in [0.717, 1.165) is 16.7 Å². The highest BCUT2D eigenvalue weighted by atomic mass is 32.1. The van der Waals surface area contributed by atoms with E-state index in [0.29, 0.717) is 55.7 Å². The molecule has 10 nitrogen and oxygen atoms in total. The van der Waals surface area contributed by atoms with Crippen LogP contribution in [0.15, 0.2) is 46.8 Å². The van der Waals surface area contributed by atoms with Gasteiger partial charge >= 0.3 is 18.2 Å². The lowest BCUT2D eigenvalue weighted by atomic mass is 9.98. The number of nitrogens with zero attached hydrogens (tertiary/aromatic N) is 3. The highest BCUT2D eigenvalue weighted by Gasteiger charge is 2.34.